The van der Waals surface area contributed by atoms with Crippen LogP contribution in [0.2, 0.25) is 0 Å². The van der Waals surface area contributed by atoms with E-state index in [1.54, 1.807) is 86.7 Å². The number of hydrogen-bond acceptors (Lipinski definition) is 15. The number of rotatable bonds is 12. The first-order valence-corrected chi connectivity index (χ1v) is 22.1. The summed E-state index contributed by atoms with van der Waals surface area (Å²) in [5.41, 5.74) is -9.56. The molecule has 4 aliphatic carbocycles. The second kappa shape index (κ2) is 17.0. The van der Waals surface area contributed by atoms with Crippen molar-refractivity contribution in [1.29, 1.82) is 0 Å². The average Bonchev–Trinajstić information content (AvgIpc) is 3.74. The molecule has 0 spiro atoms. The maximum Gasteiger partial charge on any atom is 0.350 e. The first-order valence-electron chi connectivity index (χ1n) is 22.1. The first-order chi connectivity index (χ1) is 31.7. The van der Waals surface area contributed by atoms with Crippen LogP contribution in [-0.4, -0.2) is 106 Å². The highest BCUT2D eigenvalue weighted by molar-refractivity contribution is 5.98. The van der Waals surface area contributed by atoms with E-state index in [2.05, 4.69) is 5.32 Å². The third kappa shape index (κ3) is 7.01. The Hall–Kier alpha value is -6.49. The van der Waals surface area contributed by atoms with Crippen LogP contribution >= 0.6 is 0 Å². The zero-order chi connectivity index (χ0) is 48.4. The Labute approximate surface area is 386 Å². The van der Waals surface area contributed by atoms with Gasteiger partial charge in [-0.2, -0.15) is 0 Å². The van der Waals surface area contributed by atoms with Crippen molar-refractivity contribution < 1.29 is 72.2 Å². The summed E-state index contributed by atoms with van der Waals surface area (Å²) in [7, 11) is 0. The second-order valence-electron chi connectivity index (χ2n) is 18.4. The molecule has 0 unspecified atom stereocenters. The Morgan fingerprint density at radius 2 is 1.40 bits per heavy atom. The molecule has 1 aliphatic heterocycles. The minimum atomic E-state index is -2.34. The van der Waals surface area contributed by atoms with E-state index in [0.29, 0.717) is 5.56 Å². The van der Waals surface area contributed by atoms with Crippen LogP contribution in [0.1, 0.15) is 93.6 Å². The predicted molar refractivity (Wildman–Crippen MR) is 234 cm³/mol. The third-order valence-electron chi connectivity index (χ3n) is 14.9. The molecule has 3 saturated carbocycles. The Morgan fingerprint density at radius 1 is 0.821 bits per heavy atom. The van der Waals surface area contributed by atoms with Gasteiger partial charge in [0.25, 0.3) is 0 Å². The fourth-order valence-electron chi connectivity index (χ4n) is 11.5. The monoisotopic (exact) mass is 919 g/mol. The van der Waals surface area contributed by atoms with Gasteiger partial charge in [0, 0.05) is 32.3 Å². The number of benzene rings is 3. The molecule has 5 aliphatic rings. The Morgan fingerprint density at radius 3 is 1.94 bits per heavy atom. The van der Waals surface area contributed by atoms with Crippen LogP contribution in [0.5, 0.6) is 0 Å². The van der Waals surface area contributed by atoms with Gasteiger partial charge in [0.15, 0.2) is 23.1 Å². The van der Waals surface area contributed by atoms with Crippen LogP contribution in [0.25, 0.3) is 0 Å². The topological polar surface area (TPSA) is 227 Å². The molecule has 1 amide bonds. The number of ether oxygens (including phenoxy) is 6. The molecule has 16 heteroatoms. The normalized spacial score (nSPS) is 33.4. The molecule has 3 aromatic carbocycles. The lowest BCUT2D eigenvalue weighted by molar-refractivity contribution is -0.337. The van der Waals surface area contributed by atoms with Crippen LogP contribution < -0.4 is 5.32 Å². The Bertz CT molecular complexity index is 2600. The number of fused-ring (bicyclic) bond motifs is 5. The number of amides is 1. The Kier molecular flexibility index (Phi) is 11.9. The van der Waals surface area contributed by atoms with Crippen molar-refractivity contribution in [2.75, 3.05) is 6.61 Å². The minimum absolute atomic E-state index is 0.0521. The lowest BCUT2D eigenvalue weighted by Gasteiger charge is -2.63. The molecular weight excluding hydrogens is 867 g/mol. The number of esters is 5. The van der Waals surface area contributed by atoms with E-state index in [0.717, 1.165) is 13.8 Å². The van der Waals surface area contributed by atoms with Crippen molar-refractivity contribution in [1.82, 2.24) is 5.32 Å². The summed E-state index contributed by atoms with van der Waals surface area (Å²) in [6.45, 7) is 9.57. The number of Topliss-reactive ketones (excluding diaryl/α,β-unsaturated/α-hetero) is 1. The summed E-state index contributed by atoms with van der Waals surface area (Å²) in [6, 6.07) is 22.6. The summed E-state index contributed by atoms with van der Waals surface area (Å²) in [6.07, 6.45) is -7.11. The first kappa shape index (κ1) is 47.0. The Balaban J connectivity index is 1.31. The number of carbonyl (C=O) groups excluding carboxylic acids is 7. The number of nitrogens with one attached hydrogen (secondary N) is 1. The van der Waals surface area contributed by atoms with Gasteiger partial charge in [0.05, 0.1) is 40.6 Å². The number of hydrogen-bond donors (Lipinski definition) is 3. The number of aliphatic hydroxyl groups is 2. The van der Waals surface area contributed by atoms with Crippen LogP contribution in [0, 0.1) is 16.7 Å². The van der Waals surface area contributed by atoms with Gasteiger partial charge in [-0.1, -0.05) is 72.8 Å². The van der Waals surface area contributed by atoms with Gasteiger partial charge >= 0.3 is 29.8 Å². The van der Waals surface area contributed by atoms with Gasteiger partial charge in [0.1, 0.15) is 23.9 Å². The molecule has 4 fully saturated rings. The van der Waals surface area contributed by atoms with E-state index >= 15 is 9.59 Å². The number of aliphatic hydroxyl groups excluding tert-OH is 1. The SMILES string of the molecule is C/C=C(\C)C(=O)N[C@@H](c1ccccc1)[C@@H](OC(=O)c1ccccc1)C(=O)O[C@H]1C[C@]2(O)[C@]3(C)C(=C1C)[C@@H](OC(C)=O)C(=O)[C@@]1(C)[C@@H]([C@]4(OC(C)=O)CO[C@@H]4C[C@@H]1O)[C@@]23OC(=O)c1ccccc1. The number of ketones is 1. The molecule has 12 atom stereocenters. The van der Waals surface area contributed by atoms with Gasteiger partial charge in [-0.05, 0) is 75.6 Å². The summed E-state index contributed by atoms with van der Waals surface area (Å²) in [5, 5.41) is 28.6. The van der Waals surface area contributed by atoms with E-state index in [1.807, 2.05) is 0 Å². The second-order valence-corrected chi connectivity index (χ2v) is 18.4. The summed E-state index contributed by atoms with van der Waals surface area (Å²) in [4.78, 5) is 98.9. The van der Waals surface area contributed by atoms with Crippen molar-refractivity contribution >= 4 is 41.5 Å². The van der Waals surface area contributed by atoms with E-state index in [9.17, 15) is 34.2 Å². The van der Waals surface area contributed by atoms with Gasteiger partial charge < -0.3 is 44.0 Å². The van der Waals surface area contributed by atoms with Crippen molar-refractivity contribution in [3.05, 3.63) is 130 Å². The molecule has 3 N–H and O–H groups in total. The maximum absolute atomic E-state index is 15.5. The minimum Gasteiger partial charge on any atom is -0.455 e. The van der Waals surface area contributed by atoms with Crippen LogP contribution in [0.4, 0.5) is 0 Å². The highest BCUT2D eigenvalue weighted by Crippen LogP contribution is 2.84. The lowest BCUT2D eigenvalue weighted by atomic mass is 9.51. The van der Waals surface area contributed by atoms with E-state index in [1.165, 1.54) is 45.0 Å². The largest absolute Gasteiger partial charge is 0.455 e. The summed E-state index contributed by atoms with van der Waals surface area (Å²) < 4.78 is 37.0. The van der Waals surface area contributed by atoms with E-state index < -0.39 is 118 Å². The van der Waals surface area contributed by atoms with Gasteiger partial charge in [-0.15, -0.1) is 0 Å². The van der Waals surface area contributed by atoms with Gasteiger partial charge in [-0.3, -0.25) is 19.2 Å². The zero-order valence-corrected chi connectivity index (χ0v) is 38.1. The number of carbonyl (C=O) groups is 7. The number of allylic oxidation sites excluding steroid dienone is 1. The molecule has 1 saturated heterocycles. The molecule has 0 radical (unpaired) electrons. The highest BCUT2D eigenvalue weighted by Gasteiger charge is 2.99. The van der Waals surface area contributed by atoms with E-state index in [-0.39, 0.29) is 40.9 Å². The van der Waals surface area contributed by atoms with Crippen molar-refractivity contribution in [2.24, 2.45) is 16.7 Å². The molecule has 8 rings (SSSR count). The van der Waals surface area contributed by atoms with Crippen molar-refractivity contribution in [2.45, 2.75) is 115 Å². The fourth-order valence-corrected chi connectivity index (χ4v) is 11.5. The smallest absolute Gasteiger partial charge is 0.350 e. The van der Waals surface area contributed by atoms with Crippen molar-refractivity contribution in [3.63, 3.8) is 0 Å². The highest BCUT2D eigenvalue weighted by atomic mass is 16.6. The predicted octanol–water partition coefficient (Wildman–Crippen LogP) is 4.62. The van der Waals surface area contributed by atoms with Crippen molar-refractivity contribution in [3.8, 4) is 0 Å². The molecule has 3 aromatic rings. The molecule has 16 nitrogen and oxygen atoms in total. The molecule has 0 bridgehead atoms. The average molecular weight is 920 g/mol. The lowest BCUT2D eigenvalue weighted by Crippen LogP contribution is -2.78. The maximum atomic E-state index is 15.5. The van der Waals surface area contributed by atoms with Crippen LogP contribution in [0.15, 0.2) is 114 Å². The van der Waals surface area contributed by atoms with Gasteiger partial charge in [0.2, 0.25) is 12.0 Å². The van der Waals surface area contributed by atoms with Gasteiger partial charge in [-0.25, -0.2) is 14.4 Å². The third-order valence-corrected chi connectivity index (χ3v) is 14.9. The molecular formula is C51H53NO15. The fraction of sp³-hybridized carbons (Fsp3) is 0.431. The molecule has 0 aromatic heterocycles. The molecule has 67 heavy (non-hydrogen) atoms. The van der Waals surface area contributed by atoms with E-state index in [4.69, 9.17) is 28.4 Å². The standard InChI is InChI=1S/C51H53NO15/c1-8-27(2)42(57)52-38(31-18-12-9-13-19-31)40(65-43(58)32-20-14-10-15-21-32)45(60)64-34-25-50(61)48(7)37(28(34)3)39(63-29(4)53)41(56)47(6)35(55)24-36-49(26-62-36,66-30(5)54)46(47)51(48,50)67-44(59)33-22-16-11-17-23-33/h8-23,34-36,38-40,46,55,61H,24-26H2,1-7H3,(H,52,57)/b27-8+/t34-,35-,36+,38-,39+,40+,46-,47-,48-,49-,50-,51-/m0/s1. The van der Waals surface area contributed by atoms with Crippen LogP contribution in [0.3, 0.4) is 0 Å². The quantitative estimate of drug-likeness (QED) is 0.0976. The molecule has 352 valence electrons. The summed E-state index contributed by atoms with van der Waals surface area (Å²) in [5.74, 6) is -7.79. The molecule has 1 heterocycles. The summed E-state index contributed by atoms with van der Waals surface area (Å²) >= 11 is 0. The zero-order valence-electron chi connectivity index (χ0n) is 38.1. The van der Waals surface area contributed by atoms with Crippen LogP contribution in [-0.2, 0) is 52.4 Å².